The van der Waals surface area contributed by atoms with Crippen molar-refractivity contribution < 1.29 is 9.59 Å². The fraction of sp³-hybridized carbons (Fsp3) is 0.385. The lowest BCUT2D eigenvalue weighted by atomic mass is 10.0. The maximum atomic E-state index is 11.8. The van der Waals surface area contributed by atoms with E-state index in [0.717, 1.165) is 12.0 Å². The van der Waals surface area contributed by atoms with E-state index in [1.807, 2.05) is 37.3 Å². The highest BCUT2D eigenvalue weighted by Crippen LogP contribution is 2.29. The number of Topliss-reactive ketones (excluding diaryl/α,β-unsaturated/α-hetero) is 1. The third-order valence-corrected chi connectivity index (χ3v) is 3.51. The lowest BCUT2D eigenvalue weighted by molar-refractivity contribution is -0.120. The third kappa shape index (κ3) is 3.54. The van der Waals surface area contributed by atoms with E-state index in [4.69, 9.17) is 0 Å². The van der Waals surface area contributed by atoms with Gasteiger partial charge in [0.1, 0.15) is 5.28 Å². The zero-order valence-electron chi connectivity index (χ0n) is 10.7. The number of hydrogen-bond acceptors (Lipinski definition) is 2. The molecule has 0 aliphatic carbocycles. The Bertz CT molecular complexity index is 422. The van der Waals surface area contributed by atoms with Crippen LogP contribution in [0.5, 0.6) is 0 Å². The molecule has 1 aromatic rings. The summed E-state index contributed by atoms with van der Waals surface area (Å²) in [6.45, 7) is 4.01. The van der Waals surface area contributed by atoms with Gasteiger partial charge in [0, 0.05) is 6.54 Å². The lowest BCUT2D eigenvalue weighted by Gasteiger charge is -2.28. The van der Waals surface area contributed by atoms with E-state index in [1.165, 1.54) is 6.92 Å². The fourth-order valence-corrected chi connectivity index (χ4v) is 1.85. The largest absolute Gasteiger partial charge is 0.338 e. The zero-order valence-corrected chi connectivity index (χ0v) is 11.8. The van der Waals surface area contributed by atoms with Crippen molar-refractivity contribution in [1.82, 2.24) is 10.6 Å². The fourth-order valence-electron chi connectivity index (χ4n) is 1.53. The smallest absolute Gasteiger partial charge is 0.316 e. The van der Waals surface area contributed by atoms with Gasteiger partial charge >= 0.3 is 6.03 Å². The van der Waals surface area contributed by atoms with E-state index >= 15 is 0 Å². The minimum absolute atomic E-state index is 0.134. The van der Waals surface area contributed by atoms with Gasteiger partial charge in [-0.1, -0.05) is 46.5 Å². The van der Waals surface area contributed by atoms with Crippen LogP contribution < -0.4 is 10.6 Å². The van der Waals surface area contributed by atoms with E-state index in [2.05, 4.69) is 19.9 Å². The highest BCUT2D eigenvalue weighted by Gasteiger charge is 2.33. The predicted molar refractivity (Wildman–Crippen MR) is 75.3 cm³/mol. The van der Waals surface area contributed by atoms with Crippen molar-refractivity contribution in [2.24, 2.45) is 0 Å². The molecule has 0 spiro atoms. The van der Waals surface area contributed by atoms with Crippen LogP contribution in [-0.2, 0) is 10.1 Å². The first kappa shape index (κ1) is 14.7. The minimum atomic E-state index is -1.07. The van der Waals surface area contributed by atoms with E-state index in [9.17, 15) is 9.59 Å². The summed E-state index contributed by atoms with van der Waals surface area (Å²) in [6.07, 6.45) is 0.850. The van der Waals surface area contributed by atoms with Gasteiger partial charge in [-0.05, 0) is 18.9 Å². The average Bonchev–Trinajstić information content (AvgIpc) is 2.37. The summed E-state index contributed by atoms with van der Waals surface area (Å²) in [7, 11) is 2.43. The molecular weight excluding hydrogens is 247 g/mol. The molecular formula is C13H19N2O2P. The average molecular weight is 266 g/mol. The Kier molecular flexibility index (Phi) is 5.29. The van der Waals surface area contributed by atoms with Gasteiger partial charge in [0.25, 0.3) is 0 Å². The molecule has 1 rings (SSSR count). The number of nitrogens with one attached hydrogen (secondary N) is 2. The SMILES string of the molecule is CCCNC(=O)NC(P)(C(C)=O)c1ccccc1. The summed E-state index contributed by atoms with van der Waals surface area (Å²) in [5, 5.41) is 4.33. The Morgan fingerprint density at radius 2 is 1.89 bits per heavy atom. The Labute approximate surface area is 110 Å². The third-order valence-electron chi connectivity index (χ3n) is 2.63. The second kappa shape index (κ2) is 6.50. The number of amides is 2. The van der Waals surface area contributed by atoms with E-state index < -0.39 is 5.28 Å². The molecule has 2 atom stereocenters. The Hall–Kier alpha value is -1.41. The van der Waals surface area contributed by atoms with Crippen LogP contribution in [-0.4, -0.2) is 18.4 Å². The molecule has 2 amide bonds. The first-order valence-corrected chi connectivity index (χ1v) is 6.50. The number of urea groups is 1. The normalized spacial score (nSPS) is 13.5. The standard InChI is InChI=1S/C13H19N2O2P/c1-3-9-14-12(17)15-13(18,10(2)16)11-7-5-4-6-8-11/h4-8H,3,9,18H2,1-2H3,(H2,14,15,17). The molecule has 0 radical (unpaired) electrons. The summed E-state index contributed by atoms with van der Waals surface area (Å²) in [5.74, 6) is -0.134. The molecule has 2 N–H and O–H groups in total. The van der Waals surface area contributed by atoms with E-state index in [-0.39, 0.29) is 11.8 Å². The minimum Gasteiger partial charge on any atom is -0.338 e. The summed E-state index contributed by atoms with van der Waals surface area (Å²) >= 11 is 0. The molecule has 1 aromatic carbocycles. The van der Waals surface area contributed by atoms with Crippen LogP contribution >= 0.6 is 9.24 Å². The van der Waals surface area contributed by atoms with Gasteiger partial charge in [0.15, 0.2) is 5.78 Å². The Morgan fingerprint density at radius 3 is 2.39 bits per heavy atom. The summed E-state index contributed by atoms with van der Waals surface area (Å²) in [5.41, 5.74) is 0.745. The Morgan fingerprint density at radius 1 is 1.28 bits per heavy atom. The summed E-state index contributed by atoms with van der Waals surface area (Å²) in [4.78, 5) is 23.5. The molecule has 4 nitrogen and oxygen atoms in total. The quantitative estimate of drug-likeness (QED) is 0.801. The number of benzene rings is 1. The van der Waals surface area contributed by atoms with Crippen LogP contribution in [0.4, 0.5) is 4.79 Å². The molecule has 0 aromatic heterocycles. The monoisotopic (exact) mass is 266 g/mol. The number of carbonyl (C=O) groups is 2. The number of carbonyl (C=O) groups excluding carboxylic acids is 2. The van der Waals surface area contributed by atoms with Crippen molar-refractivity contribution in [2.75, 3.05) is 6.54 Å². The molecule has 5 heteroatoms. The first-order valence-electron chi connectivity index (χ1n) is 5.92. The Balaban J connectivity index is 2.89. The number of rotatable bonds is 5. The maximum absolute atomic E-state index is 11.8. The van der Waals surface area contributed by atoms with Crippen LogP contribution in [0.25, 0.3) is 0 Å². The van der Waals surface area contributed by atoms with Crippen molar-refractivity contribution >= 4 is 21.1 Å². The van der Waals surface area contributed by atoms with Gasteiger partial charge < -0.3 is 10.6 Å². The molecule has 98 valence electrons. The van der Waals surface area contributed by atoms with Crippen LogP contribution in [0.1, 0.15) is 25.8 Å². The second-order valence-corrected chi connectivity index (χ2v) is 4.98. The molecule has 0 saturated heterocycles. The molecule has 18 heavy (non-hydrogen) atoms. The predicted octanol–water partition coefficient (Wildman–Crippen LogP) is 2.01. The van der Waals surface area contributed by atoms with Crippen molar-refractivity contribution in [1.29, 1.82) is 0 Å². The van der Waals surface area contributed by atoms with Gasteiger partial charge in [-0.25, -0.2) is 4.79 Å². The number of hydrogen-bond donors (Lipinski definition) is 2. The van der Waals surface area contributed by atoms with Crippen LogP contribution in [0, 0.1) is 0 Å². The van der Waals surface area contributed by atoms with Gasteiger partial charge in [0.2, 0.25) is 0 Å². The molecule has 2 unspecified atom stereocenters. The molecule has 0 bridgehead atoms. The molecule has 0 saturated carbocycles. The zero-order chi connectivity index (χ0) is 13.6. The molecule has 0 aliphatic rings. The molecule has 0 aliphatic heterocycles. The van der Waals surface area contributed by atoms with Crippen molar-refractivity contribution in [3.05, 3.63) is 35.9 Å². The number of ketones is 1. The molecule has 0 heterocycles. The highest BCUT2D eigenvalue weighted by molar-refractivity contribution is 7.20. The summed E-state index contributed by atoms with van der Waals surface area (Å²) < 4.78 is 0. The van der Waals surface area contributed by atoms with Gasteiger partial charge in [-0.15, -0.1) is 0 Å². The van der Waals surface area contributed by atoms with Crippen LogP contribution in [0.3, 0.4) is 0 Å². The molecule has 0 fully saturated rings. The van der Waals surface area contributed by atoms with Gasteiger partial charge in [-0.3, -0.25) is 4.79 Å². The lowest BCUT2D eigenvalue weighted by Crippen LogP contribution is -2.50. The first-order chi connectivity index (χ1) is 8.50. The van der Waals surface area contributed by atoms with Gasteiger partial charge in [0.05, 0.1) is 0 Å². The van der Waals surface area contributed by atoms with Crippen LogP contribution in [0.15, 0.2) is 30.3 Å². The second-order valence-electron chi connectivity index (χ2n) is 4.11. The van der Waals surface area contributed by atoms with Crippen LogP contribution in [0.2, 0.25) is 0 Å². The van der Waals surface area contributed by atoms with Crippen molar-refractivity contribution in [3.63, 3.8) is 0 Å². The summed E-state index contributed by atoms with van der Waals surface area (Å²) in [6, 6.07) is 8.83. The van der Waals surface area contributed by atoms with Gasteiger partial charge in [-0.2, -0.15) is 0 Å². The van der Waals surface area contributed by atoms with E-state index in [0.29, 0.717) is 6.54 Å². The van der Waals surface area contributed by atoms with E-state index in [1.54, 1.807) is 0 Å². The highest BCUT2D eigenvalue weighted by atomic mass is 31.0. The van der Waals surface area contributed by atoms with Crippen molar-refractivity contribution in [2.45, 2.75) is 25.5 Å². The maximum Gasteiger partial charge on any atom is 0.316 e. The van der Waals surface area contributed by atoms with Crippen molar-refractivity contribution in [3.8, 4) is 0 Å². The topological polar surface area (TPSA) is 58.2 Å².